The van der Waals surface area contributed by atoms with Crippen LogP contribution >= 0.6 is 0 Å². The van der Waals surface area contributed by atoms with Crippen molar-refractivity contribution in [1.82, 2.24) is 4.90 Å². The third kappa shape index (κ3) is 6.70. The van der Waals surface area contributed by atoms with Crippen LogP contribution in [-0.4, -0.2) is 53.9 Å². The van der Waals surface area contributed by atoms with Gasteiger partial charge in [0.15, 0.2) is 6.61 Å². The molecule has 31 heavy (non-hydrogen) atoms. The SMILES string of the molecule is Cc1cc(O)cc2c1C(=O)OC/C=C/CC/C=C/C(=N\OCC(=O)N1CCCCC1)C2. The van der Waals surface area contributed by atoms with Crippen molar-refractivity contribution in [3.8, 4) is 5.75 Å². The van der Waals surface area contributed by atoms with Crippen molar-refractivity contribution in [3.63, 3.8) is 0 Å². The molecule has 2 heterocycles. The fraction of sp³-hybridized carbons (Fsp3) is 0.458. The van der Waals surface area contributed by atoms with Crippen LogP contribution in [0.2, 0.25) is 0 Å². The molecule has 0 aliphatic carbocycles. The molecule has 0 spiro atoms. The van der Waals surface area contributed by atoms with Crippen LogP contribution in [0.5, 0.6) is 5.75 Å². The lowest BCUT2D eigenvalue weighted by Crippen LogP contribution is -2.37. The minimum atomic E-state index is -0.444. The van der Waals surface area contributed by atoms with Crippen LogP contribution < -0.4 is 0 Å². The molecular formula is C24H30N2O5. The number of carbonyl (C=O) groups is 2. The number of cyclic esters (lactones) is 1. The third-order valence-corrected chi connectivity index (χ3v) is 5.34. The first-order valence-electron chi connectivity index (χ1n) is 10.8. The highest BCUT2D eigenvalue weighted by Gasteiger charge is 2.19. The molecule has 7 heteroatoms. The fourth-order valence-electron chi connectivity index (χ4n) is 3.79. The van der Waals surface area contributed by atoms with E-state index in [2.05, 4.69) is 5.16 Å². The number of oxime groups is 1. The Balaban J connectivity index is 1.80. The molecule has 1 N–H and O–H groups in total. The zero-order valence-corrected chi connectivity index (χ0v) is 18.0. The maximum absolute atomic E-state index is 12.6. The number of allylic oxidation sites excluding steroid dienone is 3. The van der Waals surface area contributed by atoms with Gasteiger partial charge in [-0.1, -0.05) is 23.4 Å². The second kappa shape index (κ2) is 11.3. The Labute approximate surface area is 183 Å². The molecule has 0 radical (unpaired) electrons. The second-order valence-electron chi connectivity index (χ2n) is 7.82. The van der Waals surface area contributed by atoms with E-state index in [4.69, 9.17) is 9.57 Å². The average molecular weight is 427 g/mol. The number of phenols is 1. The number of hydrogen-bond acceptors (Lipinski definition) is 6. The number of fused-ring (bicyclic) bond motifs is 1. The first-order chi connectivity index (χ1) is 15.0. The first-order valence-corrected chi connectivity index (χ1v) is 10.8. The molecule has 1 fully saturated rings. The number of hydrogen-bond donors (Lipinski definition) is 1. The molecule has 2 aliphatic heterocycles. The number of amides is 1. The van der Waals surface area contributed by atoms with Gasteiger partial charge in [-0.25, -0.2) is 4.79 Å². The van der Waals surface area contributed by atoms with Crippen molar-refractivity contribution in [1.29, 1.82) is 0 Å². The molecule has 1 aromatic rings. The van der Waals surface area contributed by atoms with Gasteiger partial charge in [-0.3, -0.25) is 4.79 Å². The molecule has 0 aromatic heterocycles. The van der Waals surface area contributed by atoms with Gasteiger partial charge >= 0.3 is 5.97 Å². The molecule has 7 nitrogen and oxygen atoms in total. The lowest BCUT2D eigenvalue weighted by atomic mass is 9.97. The largest absolute Gasteiger partial charge is 0.508 e. The summed E-state index contributed by atoms with van der Waals surface area (Å²) in [5.41, 5.74) is 2.20. The van der Waals surface area contributed by atoms with E-state index in [1.54, 1.807) is 13.0 Å². The van der Waals surface area contributed by atoms with Crippen LogP contribution in [0.4, 0.5) is 0 Å². The minimum absolute atomic E-state index is 0.0674. The molecule has 0 bridgehead atoms. The number of aromatic hydroxyl groups is 1. The lowest BCUT2D eigenvalue weighted by molar-refractivity contribution is -0.137. The maximum Gasteiger partial charge on any atom is 0.339 e. The normalized spacial score (nSPS) is 21.1. The number of rotatable bonds is 3. The Kier molecular flexibility index (Phi) is 8.27. The van der Waals surface area contributed by atoms with E-state index in [1.165, 1.54) is 6.07 Å². The van der Waals surface area contributed by atoms with E-state index in [0.29, 0.717) is 22.4 Å². The van der Waals surface area contributed by atoms with Crippen LogP contribution in [0.15, 0.2) is 41.6 Å². The first kappa shape index (κ1) is 22.6. The average Bonchev–Trinajstić information content (AvgIpc) is 2.76. The number of piperidine rings is 1. The summed E-state index contributed by atoms with van der Waals surface area (Å²) in [4.78, 5) is 32.2. The van der Waals surface area contributed by atoms with Crippen molar-refractivity contribution in [2.24, 2.45) is 5.16 Å². The van der Waals surface area contributed by atoms with Crippen LogP contribution in [0.1, 0.15) is 53.6 Å². The van der Waals surface area contributed by atoms with Crippen molar-refractivity contribution < 1.29 is 24.3 Å². The molecule has 166 valence electrons. The highest BCUT2D eigenvalue weighted by atomic mass is 16.6. The van der Waals surface area contributed by atoms with Gasteiger partial charge < -0.3 is 19.6 Å². The number of phenolic OH excluding ortho intramolecular Hbond substituents is 1. The Morgan fingerprint density at radius 1 is 1.16 bits per heavy atom. The number of benzene rings is 1. The van der Waals surface area contributed by atoms with Crippen LogP contribution in [0, 0.1) is 6.92 Å². The van der Waals surface area contributed by atoms with E-state index >= 15 is 0 Å². The van der Waals surface area contributed by atoms with Crippen molar-refractivity contribution >= 4 is 17.6 Å². The van der Waals surface area contributed by atoms with Crippen LogP contribution in [0.25, 0.3) is 0 Å². The van der Waals surface area contributed by atoms with Gasteiger partial charge in [0, 0.05) is 19.5 Å². The molecule has 2 aliphatic rings. The summed E-state index contributed by atoms with van der Waals surface area (Å²) in [6.07, 6.45) is 12.7. The molecule has 1 saturated heterocycles. The molecule has 1 amide bonds. The van der Waals surface area contributed by atoms with E-state index in [0.717, 1.165) is 45.2 Å². The van der Waals surface area contributed by atoms with E-state index in [1.807, 2.05) is 29.2 Å². The fourth-order valence-corrected chi connectivity index (χ4v) is 3.79. The zero-order valence-electron chi connectivity index (χ0n) is 18.0. The maximum atomic E-state index is 12.6. The monoisotopic (exact) mass is 426 g/mol. The summed E-state index contributed by atoms with van der Waals surface area (Å²) in [6.45, 7) is 3.37. The Morgan fingerprint density at radius 2 is 1.94 bits per heavy atom. The Morgan fingerprint density at radius 3 is 2.74 bits per heavy atom. The smallest absolute Gasteiger partial charge is 0.339 e. The molecule has 1 aromatic carbocycles. The predicted octanol–water partition coefficient (Wildman–Crippen LogP) is 3.69. The summed E-state index contributed by atoms with van der Waals surface area (Å²) < 4.78 is 5.37. The van der Waals surface area contributed by atoms with Crippen LogP contribution in [0.3, 0.4) is 0 Å². The van der Waals surface area contributed by atoms with Gasteiger partial charge in [0.1, 0.15) is 12.4 Å². The molecule has 0 unspecified atom stereocenters. The predicted molar refractivity (Wildman–Crippen MR) is 118 cm³/mol. The van der Waals surface area contributed by atoms with E-state index in [9.17, 15) is 14.7 Å². The molecule has 0 atom stereocenters. The van der Waals surface area contributed by atoms with Gasteiger partial charge in [-0.05, 0) is 68.4 Å². The Hall–Kier alpha value is -3.09. The Bertz CT molecular complexity index is 882. The van der Waals surface area contributed by atoms with E-state index in [-0.39, 0.29) is 31.3 Å². The summed E-state index contributed by atoms with van der Waals surface area (Å²) >= 11 is 0. The number of ether oxygens (including phenoxy) is 1. The summed E-state index contributed by atoms with van der Waals surface area (Å²) in [6, 6.07) is 3.08. The van der Waals surface area contributed by atoms with Gasteiger partial charge in [0.05, 0.1) is 11.3 Å². The summed E-state index contributed by atoms with van der Waals surface area (Å²) in [5.74, 6) is -0.445. The lowest BCUT2D eigenvalue weighted by Gasteiger charge is -2.26. The molecular weight excluding hydrogens is 396 g/mol. The van der Waals surface area contributed by atoms with Gasteiger partial charge in [-0.15, -0.1) is 0 Å². The number of esters is 1. The van der Waals surface area contributed by atoms with Crippen molar-refractivity contribution in [2.45, 2.75) is 45.4 Å². The quantitative estimate of drug-likeness (QED) is 0.452. The highest BCUT2D eigenvalue weighted by Crippen LogP contribution is 2.24. The summed E-state index contributed by atoms with van der Waals surface area (Å²) in [5, 5.41) is 14.2. The third-order valence-electron chi connectivity index (χ3n) is 5.34. The minimum Gasteiger partial charge on any atom is -0.508 e. The van der Waals surface area contributed by atoms with Crippen molar-refractivity contribution in [3.05, 3.63) is 53.1 Å². The molecule has 3 rings (SSSR count). The number of likely N-dealkylation sites (tertiary alicyclic amines) is 1. The molecule has 0 saturated carbocycles. The zero-order chi connectivity index (χ0) is 22.1. The van der Waals surface area contributed by atoms with Gasteiger partial charge in [0.2, 0.25) is 0 Å². The summed E-state index contributed by atoms with van der Waals surface area (Å²) in [7, 11) is 0. The van der Waals surface area contributed by atoms with Gasteiger partial charge in [0.25, 0.3) is 5.91 Å². The number of carbonyl (C=O) groups excluding carboxylic acids is 2. The standard InChI is InChI=1S/C24H30N2O5/c1-18-14-21(27)16-19-15-20(25-31-17-22(28)26-11-7-5-8-12-26)10-6-3-2-4-9-13-30-24(29)23(18)19/h4,6,9-10,14,16,27H,2-3,5,7-8,11-13,15,17H2,1H3/b9-4+,10-6+,25-20+. The van der Waals surface area contributed by atoms with Crippen LogP contribution in [-0.2, 0) is 20.8 Å². The topological polar surface area (TPSA) is 88.4 Å². The number of nitrogens with zero attached hydrogens (tertiary/aromatic N) is 2. The van der Waals surface area contributed by atoms with E-state index < -0.39 is 5.97 Å². The number of aryl methyl sites for hydroxylation is 1. The van der Waals surface area contributed by atoms with Gasteiger partial charge in [-0.2, -0.15) is 0 Å². The second-order valence-corrected chi connectivity index (χ2v) is 7.82. The highest BCUT2D eigenvalue weighted by molar-refractivity contribution is 6.00. The van der Waals surface area contributed by atoms with Crippen molar-refractivity contribution in [2.75, 3.05) is 26.3 Å².